The first-order chi connectivity index (χ1) is 21.3. The highest BCUT2D eigenvalue weighted by Gasteiger charge is 2.24. The van der Waals surface area contributed by atoms with E-state index in [0.717, 1.165) is 11.1 Å². The second-order valence-corrected chi connectivity index (χ2v) is 11.0. The minimum absolute atomic E-state index is 0.00671. The summed E-state index contributed by atoms with van der Waals surface area (Å²) in [5, 5.41) is 7.99. The molecule has 3 aromatic carbocycles. The highest BCUT2D eigenvalue weighted by Crippen LogP contribution is 2.29. The Morgan fingerprint density at radius 1 is 0.756 bits per heavy atom. The number of amides is 3. The number of urea groups is 1. The van der Waals surface area contributed by atoms with E-state index in [4.69, 9.17) is 18.9 Å². The largest absolute Gasteiger partial charge is 0.459 e. The molecule has 12 nitrogen and oxygen atoms in total. The number of hydrogen-bond donors (Lipinski definition) is 3. The van der Waals surface area contributed by atoms with E-state index in [9.17, 15) is 24.0 Å². The molecule has 0 spiro atoms. The van der Waals surface area contributed by atoms with Gasteiger partial charge in [0.15, 0.2) is 11.5 Å². The molecule has 0 aliphatic rings. The van der Waals surface area contributed by atoms with Gasteiger partial charge in [-0.1, -0.05) is 48.5 Å². The van der Waals surface area contributed by atoms with Crippen LogP contribution in [-0.4, -0.2) is 41.7 Å². The maximum Gasteiger partial charge on any atom is 0.412 e. The van der Waals surface area contributed by atoms with Crippen LogP contribution in [0, 0.1) is 0 Å². The molecule has 45 heavy (non-hydrogen) atoms. The van der Waals surface area contributed by atoms with Crippen molar-refractivity contribution in [2.45, 2.75) is 65.8 Å². The first-order valence-electron chi connectivity index (χ1n) is 14.1. The van der Waals surface area contributed by atoms with Crippen LogP contribution in [0.4, 0.5) is 15.3 Å². The lowest BCUT2D eigenvalue weighted by atomic mass is 10.1. The van der Waals surface area contributed by atoms with Gasteiger partial charge in [0.2, 0.25) is 0 Å². The van der Waals surface area contributed by atoms with E-state index in [2.05, 4.69) is 16.0 Å². The molecule has 0 aliphatic carbocycles. The summed E-state index contributed by atoms with van der Waals surface area (Å²) in [6.07, 6.45) is -0.611. The molecule has 3 amide bonds. The maximum absolute atomic E-state index is 13.2. The van der Waals surface area contributed by atoms with Gasteiger partial charge in [-0.2, -0.15) is 0 Å². The number of ether oxygens (including phenoxy) is 4. The Balaban J connectivity index is 1.69. The van der Waals surface area contributed by atoms with Crippen molar-refractivity contribution in [2.24, 2.45) is 0 Å². The number of anilines is 1. The highest BCUT2D eigenvalue weighted by molar-refractivity contribution is 5.85. The summed E-state index contributed by atoms with van der Waals surface area (Å²) >= 11 is 0. The van der Waals surface area contributed by atoms with E-state index in [1.165, 1.54) is 26.0 Å². The predicted octanol–water partition coefficient (Wildman–Crippen LogP) is 5.04. The average molecular weight is 620 g/mol. The van der Waals surface area contributed by atoms with Crippen LogP contribution < -0.4 is 25.4 Å². The van der Waals surface area contributed by atoms with E-state index >= 15 is 0 Å². The standard InChI is InChI=1S/C33H37N3O9/c1-21(37)43-28-16-13-25(18-29(28)44-22(2)38)17-27(30(39)42-20-24-9-7-6-8-10-24)36-31(40)34-19-23-11-14-26(15-12-23)35-32(41)45-33(3,4)5/h6-16,18,27H,17,19-20H2,1-5H3,(H,35,41)(H2,34,36,40). The predicted molar refractivity (Wildman–Crippen MR) is 164 cm³/mol. The van der Waals surface area contributed by atoms with E-state index < -0.39 is 41.7 Å². The van der Waals surface area contributed by atoms with Crippen LogP contribution in [0.15, 0.2) is 72.8 Å². The summed E-state index contributed by atoms with van der Waals surface area (Å²) in [5.74, 6) is -1.91. The first kappa shape index (κ1) is 34.1. The quantitative estimate of drug-likeness (QED) is 0.198. The second-order valence-electron chi connectivity index (χ2n) is 11.0. The highest BCUT2D eigenvalue weighted by atomic mass is 16.6. The fraction of sp³-hybridized carbons (Fsp3) is 0.303. The number of nitrogens with one attached hydrogen (secondary N) is 3. The number of hydrogen-bond acceptors (Lipinski definition) is 9. The molecule has 0 fully saturated rings. The topological polar surface area (TPSA) is 158 Å². The van der Waals surface area contributed by atoms with Crippen molar-refractivity contribution < 1.29 is 42.9 Å². The third-order valence-electron chi connectivity index (χ3n) is 5.82. The molecule has 1 unspecified atom stereocenters. The summed E-state index contributed by atoms with van der Waals surface area (Å²) in [7, 11) is 0. The third-order valence-corrected chi connectivity index (χ3v) is 5.82. The van der Waals surface area contributed by atoms with Crippen molar-refractivity contribution >= 4 is 35.7 Å². The summed E-state index contributed by atoms with van der Waals surface area (Å²) in [5.41, 5.74) is 1.88. The van der Waals surface area contributed by atoms with Crippen LogP contribution in [0.5, 0.6) is 11.5 Å². The molecule has 238 valence electrons. The van der Waals surface area contributed by atoms with Crippen molar-refractivity contribution in [2.75, 3.05) is 5.32 Å². The van der Waals surface area contributed by atoms with Gasteiger partial charge in [0, 0.05) is 32.5 Å². The minimum Gasteiger partial charge on any atom is -0.459 e. The van der Waals surface area contributed by atoms with Gasteiger partial charge in [-0.05, 0) is 61.7 Å². The fourth-order valence-corrected chi connectivity index (χ4v) is 3.93. The van der Waals surface area contributed by atoms with Crippen LogP contribution in [0.3, 0.4) is 0 Å². The second kappa shape index (κ2) is 15.9. The molecule has 3 N–H and O–H groups in total. The molecule has 3 rings (SSSR count). The molecule has 1 atom stereocenters. The lowest BCUT2D eigenvalue weighted by Gasteiger charge is -2.20. The van der Waals surface area contributed by atoms with Gasteiger partial charge in [0.1, 0.15) is 18.2 Å². The van der Waals surface area contributed by atoms with E-state index in [1.807, 2.05) is 18.2 Å². The van der Waals surface area contributed by atoms with Crippen molar-refractivity contribution in [1.82, 2.24) is 10.6 Å². The Hall–Kier alpha value is -5.39. The summed E-state index contributed by atoms with van der Waals surface area (Å²) in [6, 6.07) is 18.5. The molecule has 0 radical (unpaired) electrons. The zero-order valence-electron chi connectivity index (χ0n) is 25.8. The lowest BCUT2D eigenvalue weighted by molar-refractivity contribution is -0.147. The van der Waals surface area contributed by atoms with Gasteiger partial charge in [0.25, 0.3) is 0 Å². The molecular weight excluding hydrogens is 582 g/mol. The molecule has 0 aliphatic heterocycles. The fourth-order valence-electron chi connectivity index (χ4n) is 3.93. The van der Waals surface area contributed by atoms with E-state index in [-0.39, 0.29) is 31.1 Å². The molecule has 12 heteroatoms. The zero-order valence-corrected chi connectivity index (χ0v) is 25.8. The zero-order chi connectivity index (χ0) is 33.0. The SMILES string of the molecule is CC(=O)Oc1ccc(CC(NC(=O)NCc2ccc(NC(=O)OC(C)(C)C)cc2)C(=O)OCc2ccccc2)cc1OC(C)=O. The van der Waals surface area contributed by atoms with Gasteiger partial charge in [0.05, 0.1) is 0 Å². The molecule has 0 heterocycles. The van der Waals surface area contributed by atoms with Crippen molar-refractivity contribution in [3.05, 3.63) is 89.5 Å². The van der Waals surface area contributed by atoms with Crippen LogP contribution in [0.1, 0.15) is 51.3 Å². The van der Waals surface area contributed by atoms with E-state index in [1.54, 1.807) is 63.2 Å². The molecule has 0 saturated heterocycles. The minimum atomic E-state index is -1.13. The number of carbonyl (C=O) groups is 5. The number of rotatable bonds is 11. The normalized spacial score (nSPS) is 11.4. The van der Waals surface area contributed by atoms with Gasteiger partial charge < -0.3 is 29.6 Å². The molecule has 0 bridgehead atoms. The van der Waals surface area contributed by atoms with Crippen molar-refractivity contribution in [3.8, 4) is 11.5 Å². The Labute approximate surface area is 261 Å². The summed E-state index contributed by atoms with van der Waals surface area (Å²) in [4.78, 5) is 61.2. The number of benzene rings is 3. The monoisotopic (exact) mass is 619 g/mol. The van der Waals surface area contributed by atoms with E-state index in [0.29, 0.717) is 11.3 Å². The van der Waals surface area contributed by atoms with Gasteiger partial charge in [-0.25, -0.2) is 14.4 Å². The Bertz CT molecular complexity index is 1500. The van der Waals surface area contributed by atoms with Crippen LogP contribution in [0.2, 0.25) is 0 Å². The Kier molecular flexibility index (Phi) is 12.0. The molecular formula is C33H37N3O9. The van der Waals surface area contributed by atoms with Crippen molar-refractivity contribution in [1.29, 1.82) is 0 Å². The van der Waals surface area contributed by atoms with Crippen LogP contribution in [-0.2, 0) is 43.4 Å². The summed E-state index contributed by atoms with van der Waals surface area (Å²) < 4.78 is 21.0. The molecule has 0 saturated carbocycles. The smallest absolute Gasteiger partial charge is 0.412 e. The Morgan fingerprint density at radius 3 is 2.00 bits per heavy atom. The van der Waals surface area contributed by atoms with Gasteiger partial charge in [-0.3, -0.25) is 14.9 Å². The first-order valence-corrected chi connectivity index (χ1v) is 14.1. The maximum atomic E-state index is 13.2. The molecule has 0 aromatic heterocycles. The van der Waals surface area contributed by atoms with Gasteiger partial charge in [-0.15, -0.1) is 0 Å². The average Bonchev–Trinajstić information content (AvgIpc) is 2.95. The number of carbonyl (C=O) groups excluding carboxylic acids is 5. The summed E-state index contributed by atoms with van der Waals surface area (Å²) in [6.45, 7) is 7.82. The molecule has 3 aromatic rings. The number of esters is 3. The van der Waals surface area contributed by atoms with Gasteiger partial charge >= 0.3 is 30.0 Å². The van der Waals surface area contributed by atoms with Crippen LogP contribution >= 0.6 is 0 Å². The van der Waals surface area contributed by atoms with Crippen molar-refractivity contribution in [3.63, 3.8) is 0 Å². The lowest BCUT2D eigenvalue weighted by Crippen LogP contribution is -2.47. The Morgan fingerprint density at radius 2 is 1.38 bits per heavy atom. The van der Waals surface area contributed by atoms with Crippen LogP contribution in [0.25, 0.3) is 0 Å². The third kappa shape index (κ3) is 12.4.